The van der Waals surface area contributed by atoms with E-state index in [1.807, 2.05) is 6.07 Å². The summed E-state index contributed by atoms with van der Waals surface area (Å²) in [6.45, 7) is 0. The van der Waals surface area contributed by atoms with Crippen molar-refractivity contribution >= 4 is 40.5 Å². The molecule has 1 amide bonds. The lowest BCUT2D eigenvalue weighted by Gasteiger charge is -2.04. The highest BCUT2D eigenvalue weighted by Crippen LogP contribution is 2.21. The molecule has 0 atom stereocenters. The summed E-state index contributed by atoms with van der Waals surface area (Å²) < 4.78 is 0. The maximum absolute atomic E-state index is 11.9. The van der Waals surface area contributed by atoms with E-state index in [9.17, 15) is 9.59 Å². The van der Waals surface area contributed by atoms with Gasteiger partial charge >= 0.3 is 5.97 Å². The highest BCUT2D eigenvalue weighted by molar-refractivity contribution is 7.12. The SMILES string of the molecule is N#Cc1ccc(NC(=O)c2nc(C(=O)O)cs2)cc1Cl. The van der Waals surface area contributed by atoms with E-state index in [2.05, 4.69) is 10.3 Å². The summed E-state index contributed by atoms with van der Waals surface area (Å²) in [6.07, 6.45) is 0. The van der Waals surface area contributed by atoms with E-state index >= 15 is 0 Å². The molecule has 0 aliphatic rings. The van der Waals surface area contributed by atoms with Crippen molar-refractivity contribution in [1.29, 1.82) is 5.26 Å². The Kier molecular flexibility index (Phi) is 3.98. The van der Waals surface area contributed by atoms with Crippen molar-refractivity contribution in [2.24, 2.45) is 0 Å². The first-order valence-electron chi connectivity index (χ1n) is 5.21. The maximum Gasteiger partial charge on any atom is 0.355 e. The van der Waals surface area contributed by atoms with Gasteiger partial charge in [-0.05, 0) is 18.2 Å². The molecule has 0 aliphatic heterocycles. The zero-order valence-electron chi connectivity index (χ0n) is 9.75. The summed E-state index contributed by atoms with van der Waals surface area (Å²) in [7, 11) is 0. The van der Waals surface area contributed by atoms with Crippen LogP contribution in [-0.4, -0.2) is 22.0 Å². The smallest absolute Gasteiger partial charge is 0.355 e. The molecule has 0 unspecified atom stereocenters. The lowest BCUT2D eigenvalue weighted by molar-refractivity contribution is 0.0691. The van der Waals surface area contributed by atoms with Crippen LogP contribution in [0, 0.1) is 11.3 Å². The number of anilines is 1. The van der Waals surface area contributed by atoms with Crippen LogP contribution < -0.4 is 5.32 Å². The van der Waals surface area contributed by atoms with Gasteiger partial charge in [0.2, 0.25) is 0 Å². The van der Waals surface area contributed by atoms with Gasteiger partial charge in [0.25, 0.3) is 5.91 Å². The lowest BCUT2D eigenvalue weighted by atomic mass is 10.2. The van der Waals surface area contributed by atoms with Gasteiger partial charge < -0.3 is 10.4 Å². The van der Waals surface area contributed by atoms with Crippen LogP contribution in [0.25, 0.3) is 0 Å². The zero-order valence-corrected chi connectivity index (χ0v) is 11.3. The predicted octanol–water partition coefficient (Wildman–Crippen LogP) is 2.62. The van der Waals surface area contributed by atoms with Crippen molar-refractivity contribution in [3.8, 4) is 6.07 Å². The summed E-state index contributed by atoms with van der Waals surface area (Å²) in [5, 5.41) is 21.5. The number of thiazole rings is 1. The number of carbonyl (C=O) groups excluding carboxylic acids is 1. The Hall–Kier alpha value is -2.43. The fraction of sp³-hybridized carbons (Fsp3) is 0. The summed E-state index contributed by atoms with van der Waals surface area (Å²) in [5.41, 5.74) is 0.510. The van der Waals surface area contributed by atoms with Crippen LogP contribution in [0.15, 0.2) is 23.6 Å². The second-order valence-corrected chi connectivity index (χ2v) is 4.87. The number of nitriles is 1. The zero-order chi connectivity index (χ0) is 14.7. The molecule has 0 spiro atoms. The molecule has 8 heteroatoms. The molecular weight excluding hydrogens is 302 g/mol. The van der Waals surface area contributed by atoms with Crippen LogP contribution in [0.4, 0.5) is 5.69 Å². The summed E-state index contributed by atoms with van der Waals surface area (Å²) in [4.78, 5) is 26.2. The Morgan fingerprint density at radius 3 is 2.75 bits per heavy atom. The van der Waals surface area contributed by atoms with Gasteiger partial charge in [-0.25, -0.2) is 9.78 Å². The molecule has 2 N–H and O–H groups in total. The van der Waals surface area contributed by atoms with Crippen molar-refractivity contribution in [2.45, 2.75) is 0 Å². The van der Waals surface area contributed by atoms with E-state index in [-0.39, 0.29) is 15.7 Å². The first-order valence-corrected chi connectivity index (χ1v) is 6.47. The van der Waals surface area contributed by atoms with Gasteiger partial charge in [-0.1, -0.05) is 11.6 Å². The van der Waals surface area contributed by atoms with Gasteiger partial charge in [0.1, 0.15) is 6.07 Å². The van der Waals surface area contributed by atoms with Crippen molar-refractivity contribution in [3.05, 3.63) is 44.9 Å². The molecule has 2 aromatic rings. The Balaban J connectivity index is 2.17. The maximum atomic E-state index is 11.9. The van der Waals surface area contributed by atoms with Gasteiger partial charge in [0.05, 0.1) is 10.6 Å². The third-order valence-electron chi connectivity index (χ3n) is 2.26. The molecule has 6 nitrogen and oxygen atoms in total. The number of amides is 1. The molecule has 0 aliphatic carbocycles. The first kappa shape index (κ1) is 14.0. The molecule has 0 fully saturated rings. The molecule has 0 saturated carbocycles. The number of carboxylic acid groups (broad SMARTS) is 1. The van der Waals surface area contributed by atoms with Gasteiger partial charge in [-0.2, -0.15) is 5.26 Å². The normalized spacial score (nSPS) is 9.80. The number of aromatic carboxylic acids is 1. The van der Waals surface area contributed by atoms with Crippen LogP contribution in [0.1, 0.15) is 25.9 Å². The quantitative estimate of drug-likeness (QED) is 0.907. The number of nitrogens with zero attached hydrogens (tertiary/aromatic N) is 2. The molecule has 2 rings (SSSR count). The number of carboxylic acids is 1. The topological polar surface area (TPSA) is 103 Å². The van der Waals surface area contributed by atoms with E-state index in [0.717, 1.165) is 11.3 Å². The number of rotatable bonds is 3. The summed E-state index contributed by atoms with van der Waals surface area (Å²) >= 11 is 6.77. The Bertz CT molecular complexity index is 736. The minimum Gasteiger partial charge on any atom is -0.476 e. The monoisotopic (exact) mass is 307 g/mol. The lowest BCUT2D eigenvalue weighted by Crippen LogP contribution is -2.12. The second kappa shape index (κ2) is 5.69. The summed E-state index contributed by atoms with van der Waals surface area (Å²) in [5.74, 6) is -1.73. The second-order valence-electron chi connectivity index (χ2n) is 3.60. The first-order chi connectivity index (χ1) is 9.51. The van der Waals surface area contributed by atoms with Crippen molar-refractivity contribution in [1.82, 2.24) is 4.98 Å². The Morgan fingerprint density at radius 2 is 2.20 bits per heavy atom. The number of nitrogens with one attached hydrogen (secondary N) is 1. The summed E-state index contributed by atoms with van der Waals surface area (Å²) in [6, 6.07) is 6.33. The van der Waals surface area contributed by atoms with Crippen molar-refractivity contribution in [3.63, 3.8) is 0 Å². The number of hydrogen-bond acceptors (Lipinski definition) is 5. The molecular formula is C12H6ClN3O3S. The molecule has 1 aromatic heterocycles. The molecule has 0 radical (unpaired) electrons. The van der Waals surface area contributed by atoms with Gasteiger partial charge in [0, 0.05) is 11.1 Å². The Morgan fingerprint density at radius 1 is 1.45 bits per heavy atom. The average molecular weight is 308 g/mol. The predicted molar refractivity (Wildman–Crippen MR) is 73.2 cm³/mol. The third kappa shape index (κ3) is 2.93. The molecule has 1 heterocycles. The Labute approximate surface area is 122 Å². The van der Waals surface area contributed by atoms with Crippen LogP contribution >= 0.6 is 22.9 Å². The van der Waals surface area contributed by atoms with Gasteiger partial charge in [0.15, 0.2) is 10.7 Å². The van der Waals surface area contributed by atoms with E-state index < -0.39 is 11.9 Å². The molecule has 1 aromatic carbocycles. The molecule has 0 saturated heterocycles. The number of hydrogen-bond donors (Lipinski definition) is 2. The standard InChI is InChI=1S/C12H6ClN3O3S/c13-8-3-7(2-1-6(8)4-14)15-10(17)11-16-9(5-20-11)12(18)19/h1-3,5H,(H,15,17)(H,18,19). The molecule has 100 valence electrons. The van der Waals surface area contributed by atoms with E-state index in [4.69, 9.17) is 22.0 Å². The fourth-order valence-electron chi connectivity index (χ4n) is 1.34. The number of carbonyl (C=O) groups is 2. The van der Waals surface area contributed by atoms with Crippen LogP contribution in [-0.2, 0) is 0 Å². The van der Waals surface area contributed by atoms with Crippen molar-refractivity contribution in [2.75, 3.05) is 5.32 Å². The highest BCUT2D eigenvalue weighted by Gasteiger charge is 2.15. The third-order valence-corrected chi connectivity index (χ3v) is 3.42. The number of benzene rings is 1. The average Bonchev–Trinajstić information content (AvgIpc) is 2.88. The van der Waals surface area contributed by atoms with Gasteiger partial charge in [-0.15, -0.1) is 11.3 Å². The minimum atomic E-state index is -1.19. The molecule has 0 bridgehead atoms. The van der Waals surface area contributed by atoms with E-state index in [1.165, 1.54) is 23.6 Å². The van der Waals surface area contributed by atoms with Crippen LogP contribution in [0.2, 0.25) is 5.02 Å². The number of aromatic nitrogens is 1. The van der Waals surface area contributed by atoms with E-state index in [0.29, 0.717) is 11.3 Å². The fourth-order valence-corrected chi connectivity index (χ4v) is 2.25. The number of halogens is 1. The highest BCUT2D eigenvalue weighted by atomic mass is 35.5. The van der Waals surface area contributed by atoms with Gasteiger partial charge in [-0.3, -0.25) is 4.79 Å². The largest absolute Gasteiger partial charge is 0.476 e. The van der Waals surface area contributed by atoms with Crippen molar-refractivity contribution < 1.29 is 14.7 Å². The minimum absolute atomic E-state index is 0.0304. The van der Waals surface area contributed by atoms with E-state index in [1.54, 1.807) is 0 Å². The van der Waals surface area contributed by atoms with Crippen LogP contribution in [0.3, 0.4) is 0 Å². The molecule has 20 heavy (non-hydrogen) atoms. The van der Waals surface area contributed by atoms with Crippen LogP contribution in [0.5, 0.6) is 0 Å².